The minimum atomic E-state index is -1.79. The highest BCUT2D eigenvalue weighted by atomic mass is 28.4. The third-order valence-corrected chi connectivity index (χ3v) is 10.6. The number of aliphatic hydroxyl groups excluding tert-OH is 1. The van der Waals surface area contributed by atoms with Crippen LogP contribution in [-0.2, 0) is 18.6 Å². The van der Waals surface area contributed by atoms with Crippen molar-refractivity contribution in [3.63, 3.8) is 0 Å². The molecule has 0 amide bonds. The summed E-state index contributed by atoms with van der Waals surface area (Å²) in [4.78, 5) is 0. The van der Waals surface area contributed by atoms with E-state index in [1.807, 2.05) is 0 Å². The Kier molecular flexibility index (Phi) is 9.80. The lowest BCUT2D eigenvalue weighted by atomic mass is 9.99. The van der Waals surface area contributed by atoms with Crippen LogP contribution in [-0.4, -0.2) is 59.9 Å². The minimum Gasteiger partial charge on any atom is -0.417 e. The zero-order valence-corrected chi connectivity index (χ0v) is 18.6. The van der Waals surface area contributed by atoms with Crippen LogP contribution in [0.5, 0.6) is 0 Å². The quantitative estimate of drug-likeness (QED) is 0.241. The number of hydrogen-bond acceptors (Lipinski definition) is 5. The summed E-state index contributed by atoms with van der Waals surface area (Å²) in [5.74, 6) is 6.99. The van der Waals surface area contributed by atoms with Gasteiger partial charge in [0.25, 0.3) is 0 Å². The maximum absolute atomic E-state index is 10.2. The van der Waals surface area contributed by atoms with E-state index in [4.69, 9.17) is 18.6 Å². The Bertz CT molecular complexity index is 467. The van der Waals surface area contributed by atoms with Gasteiger partial charge in [-0.05, 0) is 36.4 Å². The molecule has 3 unspecified atom stereocenters. The topological polar surface area (TPSA) is 57.2 Å². The van der Waals surface area contributed by atoms with Crippen LogP contribution >= 0.6 is 0 Å². The van der Waals surface area contributed by atoms with Crippen LogP contribution < -0.4 is 0 Å². The molecule has 26 heavy (non-hydrogen) atoms. The van der Waals surface area contributed by atoms with Crippen LogP contribution in [0.15, 0.2) is 0 Å². The molecule has 1 aliphatic rings. The van der Waals surface area contributed by atoms with Crippen molar-refractivity contribution in [2.75, 3.05) is 40.3 Å². The second-order valence-electron chi connectivity index (χ2n) is 8.49. The first-order valence-electron chi connectivity index (χ1n) is 9.58. The van der Waals surface area contributed by atoms with Gasteiger partial charge in [-0.1, -0.05) is 39.5 Å². The molecule has 1 saturated carbocycles. The number of methoxy groups -OCH3 is 1. The zero-order valence-electron chi connectivity index (χ0n) is 17.6. The molecule has 1 fully saturated rings. The highest BCUT2D eigenvalue weighted by Crippen LogP contribution is 2.47. The van der Waals surface area contributed by atoms with Crippen molar-refractivity contribution < 1.29 is 23.7 Å². The Morgan fingerprint density at radius 3 is 2.50 bits per heavy atom. The van der Waals surface area contributed by atoms with Crippen molar-refractivity contribution in [1.82, 2.24) is 0 Å². The molecule has 0 saturated heterocycles. The van der Waals surface area contributed by atoms with Crippen molar-refractivity contribution in [2.45, 2.75) is 58.4 Å². The SMILES string of the molecule is COCCOCOCC#CC(O)C1CC1CO[Si](C)(C)C(C)(C)C(C)C. The molecule has 1 aliphatic carbocycles. The summed E-state index contributed by atoms with van der Waals surface area (Å²) in [5, 5.41) is 10.4. The van der Waals surface area contributed by atoms with Crippen LogP contribution in [0.4, 0.5) is 0 Å². The van der Waals surface area contributed by atoms with Crippen molar-refractivity contribution in [3.8, 4) is 11.8 Å². The maximum Gasteiger partial charge on any atom is 0.192 e. The fraction of sp³-hybridized carbons (Fsp3) is 0.900. The van der Waals surface area contributed by atoms with E-state index in [2.05, 4.69) is 52.6 Å². The Hall–Kier alpha value is -0.423. The Morgan fingerprint density at radius 2 is 1.88 bits per heavy atom. The molecule has 6 heteroatoms. The average Bonchev–Trinajstić information content (AvgIpc) is 3.35. The molecule has 0 radical (unpaired) electrons. The van der Waals surface area contributed by atoms with Gasteiger partial charge in [0, 0.05) is 19.6 Å². The van der Waals surface area contributed by atoms with Gasteiger partial charge in [-0.25, -0.2) is 0 Å². The van der Waals surface area contributed by atoms with Gasteiger partial charge < -0.3 is 23.7 Å². The molecule has 1 N–H and O–H groups in total. The third kappa shape index (κ3) is 7.30. The van der Waals surface area contributed by atoms with Gasteiger partial charge in [0.2, 0.25) is 0 Å². The van der Waals surface area contributed by atoms with Gasteiger partial charge in [0.15, 0.2) is 8.32 Å². The van der Waals surface area contributed by atoms with Crippen molar-refractivity contribution in [3.05, 3.63) is 0 Å². The second-order valence-corrected chi connectivity index (χ2v) is 13.1. The molecule has 0 bridgehead atoms. The number of aliphatic hydroxyl groups is 1. The largest absolute Gasteiger partial charge is 0.417 e. The molecule has 3 atom stereocenters. The number of ether oxygens (including phenoxy) is 3. The summed E-state index contributed by atoms with van der Waals surface area (Å²) in [6, 6.07) is 0. The van der Waals surface area contributed by atoms with Gasteiger partial charge in [0.05, 0.1) is 13.2 Å². The summed E-state index contributed by atoms with van der Waals surface area (Å²) in [6.07, 6.45) is 0.396. The molecule has 5 nitrogen and oxygen atoms in total. The zero-order chi connectivity index (χ0) is 19.8. The fourth-order valence-electron chi connectivity index (χ4n) is 2.65. The lowest BCUT2D eigenvalue weighted by Crippen LogP contribution is -2.45. The first-order valence-corrected chi connectivity index (χ1v) is 12.5. The summed E-state index contributed by atoms with van der Waals surface area (Å²) < 4.78 is 21.6. The Morgan fingerprint density at radius 1 is 1.19 bits per heavy atom. The summed E-state index contributed by atoms with van der Waals surface area (Å²) in [7, 11) is -0.165. The average molecular weight is 387 g/mol. The summed E-state index contributed by atoms with van der Waals surface area (Å²) in [5.41, 5.74) is 0. The van der Waals surface area contributed by atoms with Crippen LogP contribution in [0.3, 0.4) is 0 Å². The van der Waals surface area contributed by atoms with Crippen LogP contribution in [0.25, 0.3) is 0 Å². The van der Waals surface area contributed by atoms with Crippen molar-refractivity contribution >= 4 is 8.32 Å². The summed E-state index contributed by atoms with van der Waals surface area (Å²) in [6.45, 7) is 16.0. The number of rotatable bonds is 12. The lowest BCUT2D eigenvalue weighted by Gasteiger charge is -2.42. The predicted octanol–water partition coefficient (Wildman–Crippen LogP) is 3.28. The monoisotopic (exact) mass is 386 g/mol. The van der Waals surface area contributed by atoms with Crippen LogP contribution in [0.2, 0.25) is 18.1 Å². The predicted molar refractivity (Wildman–Crippen MR) is 106 cm³/mol. The normalized spacial score (nSPS) is 21.4. The van der Waals surface area contributed by atoms with E-state index < -0.39 is 14.4 Å². The fourth-order valence-corrected chi connectivity index (χ4v) is 5.05. The van der Waals surface area contributed by atoms with Gasteiger partial charge >= 0.3 is 0 Å². The molecule has 0 aromatic rings. The first kappa shape index (κ1) is 23.6. The molecular weight excluding hydrogens is 348 g/mol. The van der Waals surface area contributed by atoms with Crippen LogP contribution in [0.1, 0.15) is 34.1 Å². The van der Waals surface area contributed by atoms with Crippen molar-refractivity contribution in [2.24, 2.45) is 17.8 Å². The van der Waals surface area contributed by atoms with Gasteiger partial charge in [-0.3, -0.25) is 0 Å². The third-order valence-electron chi connectivity index (χ3n) is 6.06. The van der Waals surface area contributed by atoms with Crippen molar-refractivity contribution in [1.29, 1.82) is 0 Å². The smallest absolute Gasteiger partial charge is 0.192 e. The Balaban J connectivity index is 2.25. The molecule has 152 valence electrons. The first-order chi connectivity index (χ1) is 12.1. The van der Waals surface area contributed by atoms with Gasteiger partial charge in [0.1, 0.15) is 19.5 Å². The van der Waals surface area contributed by atoms with Crippen LogP contribution in [0, 0.1) is 29.6 Å². The minimum absolute atomic E-state index is 0.194. The van der Waals surface area contributed by atoms with E-state index >= 15 is 0 Å². The molecule has 1 rings (SSSR count). The Labute approximate surface area is 160 Å². The molecule has 0 spiro atoms. The van der Waals surface area contributed by atoms with E-state index in [1.165, 1.54) is 0 Å². The van der Waals surface area contributed by atoms with E-state index in [-0.39, 0.29) is 24.4 Å². The van der Waals surface area contributed by atoms with Gasteiger partial charge in [-0.2, -0.15) is 0 Å². The van der Waals surface area contributed by atoms with E-state index in [9.17, 15) is 5.11 Å². The number of hydrogen-bond donors (Lipinski definition) is 1. The molecule has 0 aromatic heterocycles. The van der Waals surface area contributed by atoms with E-state index in [1.54, 1.807) is 7.11 Å². The molecular formula is C20H38O5Si. The van der Waals surface area contributed by atoms with E-state index in [0.717, 1.165) is 13.0 Å². The van der Waals surface area contributed by atoms with Gasteiger partial charge in [-0.15, -0.1) is 0 Å². The molecule has 0 aromatic carbocycles. The second kappa shape index (κ2) is 10.8. The standard InChI is InChI=1S/C20H38O5Si/c1-16(2)20(3,4)26(6,7)25-14-17-13-18(17)19(21)9-8-10-23-15-24-12-11-22-5/h16-19,21H,10-15H2,1-7H3. The highest BCUT2D eigenvalue weighted by molar-refractivity contribution is 6.74. The molecule has 0 aliphatic heterocycles. The summed E-state index contributed by atoms with van der Waals surface area (Å²) >= 11 is 0. The van der Waals surface area contributed by atoms with E-state index in [0.29, 0.717) is 25.0 Å². The lowest BCUT2D eigenvalue weighted by molar-refractivity contribution is -0.0557. The maximum atomic E-state index is 10.2. The highest BCUT2D eigenvalue weighted by Gasteiger charge is 2.47. The molecule has 0 heterocycles.